The smallest absolute Gasteiger partial charge is 0.242 e. The van der Waals surface area contributed by atoms with Crippen molar-refractivity contribution < 1.29 is 18.0 Å². The molecule has 1 rings (SSSR count). The number of aromatic nitrogens is 1. The highest BCUT2D eigenvalue weighted by Crippen LogP contribution is 2.33. The van der Waals surface area contributed by atoms with E-state index in [1.165, 1.54) is 0 Å². The number of carbonyl (C=O) groups excluding carboxylic acids is 1. The lowest BCUT2D eigenvalue weighted by Crippen LogP contribution is -2.05. The van der Waals surface area contributed by atoms with Gasteiger partial charge >= 0.3 is 6.18 Å². The topological polar surface area (TPSA) is 42.3 Å². The Balaban J connectivity index is 3.26. The molecule has 3 nitrogen and oxygen atoms in total. The number of aliphatic imine (C=N–C) groups is 1. The van der Waals surface area contributed by atoms with Gasteiger partial charge in [-0.1, -0.05) is 11.6 Å². The molecule has 0 bridgehead atoms. The number of isocyanates is 1. The second kappa shape index (κ2) is 3.77. The van der Waals surface area contributed by atoms with Crippen molar-refractivity contribution in [2.24, 2.45) is 4.99 Å². The van der Waals surface area contributed by atoms with E-state index in [0.29, 0.717) is 12.3 Å². The zero-order valence-electron chi connectivity index (χ0n) is 6.47. The van der Waals surface area contributed by atoms with Crippen LogP contribution in [0.4, 0.5) is 18.9 Å². The van der Waals surface area contributed by atoms with Gasteiger partial charge in [-0.15, -0.1) is 0 Å². The van der Waals surface area contributed by atoms with Gasteiger partial charge in [-0.3, -0.25) is 0 Å². The molecule has 14 heavy (non-hydrogen) atoms. The molecule has 0 aliphatic heterocycles. The van der Waals surface area contributed by atoms with Crippen molar-refractivity contribution in [3.05, 3.63) is 23.0 Å². The Morgan fingerprint density at radius 3 is 2.64 bits per heavy atom. The summed E-state index contributed by atoms with van der Waals surface area (Å²) in [6, 6.07) is 0.625. The number of halogens is 4. The Labute approximate surface area is 81.2 Å². The summed E-state index contributed by atoms with van der Waals surface area (Å²) in [6.07, 6.45) is -2.89. The minimum atomic E-state index is -4.54. The van der Waals surface area contributed by atoms with Gasteiger partial charge in [-0.25, -0.2) is 9.78 Å². The van der Waals surface area contributed by atoms with Crippen LogP contribution in [0.3, 0.4) is 0 Å². The summed E-state index contributed by atoms with van der Waals surface area (Å²) in [4.78, 5) is 16.0. The van der Waals surface area contributed by atoms with Gasteiger partial charge in [-0.05, 0) is 6.07 Å². The third-order valence-electron chi connectivity index (χ3n) is 1.31. The number of hydrogen-bond acceptors (Lipinski definition) is 3. The lowest BCUT2D eigenvalue weighted by atomic mass is 10.2. The summed E-state index contributed by atoms with van der Waals surface area (Å²) in [6.45, 7) is 0. The molecule has 0 aliphatic carbocycles. The normalized spacial score (nSPS) is 10.9. The summed E-state index contributed by atoms with van der Waals surface area (Å²) in [5.74, 6) is 0. The highest BCUT2D eigenvalue weighted by Gasteiger charge is 2.31. The first-order valence-electron chi connectivity index (χ1n) is 3.26. The molecular formula is C7H2ClF3N2O. The van der Waals surface area contributed by atoms with Crippen LogP contribution in [-0.2, 0) is 11.0 Å². The van der Waals surface area contributed by atoms with Gasteiger partial charge in [0.2, 0.25) is 6.08 Å². The predicted molar refractivity (Wildman–Crippen MR) is 42.0 cm³/mol. The molecule has 0 aromatic carbocycles. The molecular weight excluding hydrogens is 221 g/mol. The molecule has 0 unspecified atom stereocenters. The van der Waals surface area contributed by atoms with E-state index in [2.05, 4.69) is 9.98 Å². The lowest BCUT2D eigenvalue weighted by Gasteiger charge is -2.06. The van der Waals surface area contributed by atoms with Gasteiger partial charge in [0.1, 0.15) is 5.69 Å². The number of pyridine rings is 1. The van der Waals surface area contributed by atoms with Crippen LogP contribution in [0.1, 0.15) is 5.56 Å². The molecule has 0 spiro atoms. The van der Waals surface area contributed by atoms with Gasteiger partial charge in [0.15, 0.2) is 5.15 Å². The first-order valence-corrected chi connectivity index (χ1v) is 3.63. The largest absolute Gasteiger partial charge is 0.417 e. The molecule has 0 radical (unpaired) electrons. The van der Waals surface area contributed by atoms with Gasteiger partial charge in [0.25, 0.3) is 0 Å². The van der Waals surface area contributed by atoms with Crippen LogP contribution in [0, 0.1) is 0 Å². The standard InChI is InChI=1S/C7H2ClF3N2O/c8-6-5(13-3-14)1-4(2-12-6)7(9,10)11/h1-2H. The Bertz CT molecular complexity index is 398. The first-order chi connectivity index (χ1) is 6.45. The quantitative estimate of drug-likeness (QED) is 0.417. The maximum absolute atomic E-state index is 12.1. The molecule has 1 aromatic heterocycles. The molecule has 1 aromatic rings. The lowest BCUT2D eigenvalue weighted by molar-refractivity contribution is -0.137. The van der Waals surface area contributed by atoms with Gasteiger partial charge in [-0.2, -0.15) is 18.2 Å². The number of alkyl halides is 3. The molecule has 0 amide bonds. The van der Waals surface area contributed by atoms with Crippen LogP contribution in [0.25, 0.3) is 0 Å². The number of nitrogens with zero attached hydrogens (tertiary/aromatic N) is 2. The van der Waals surface area contributed by atoms with E-state index in [9.17, 15) is 18.0 Å². The van der Waals surface area contributed by atoms with E-state index in [1.807, 2.05) is 0 Å². The molecule has 0 atom stereocenters. The van der Waals surface area contributed by atoms with Crippen molar-refractivity contribution >= 4 is 23.4 Å². The average molecular weight is 223 g/mol. The van der Waals surface area contributed by atoms with Crippen LogP contribution in [0.2, 0.25) is 5.15 Å². The summed E-state index contributed by atoms with van der Waals surface area (Å²) < 4.78 is 36.3. The zero-order chi connectivity index (χ0) is 10.8. The maximum atomic E-state index is 12.1. The van der Waals surface area contributed by atoms with E-state index < -0.39 is 11.7 Å². The molecule has 0 fully saturated rings. The molecule has 0 N–H and O–H groups in total. The van der Waals surface area contributed by atoms with E-state index in [1.54, 1.807) is 0 Å². The molecule has 0 aliphatic rings. The van der Waals surface area contributed by atoms with Crippen molar-refractivity contribution in [1.82, 2.24) is 4.98 Å². The second-order valence-corrected chi connectivity index (χ2v) is 2.59. The zero-order valence-corrected chi connectivity index (χ0v) is 7.23. The Hall–Kier alpha value is -1.39. The van der Waals surface area contributed by atoms with Gasteiger partial charge < -0.3 is 0 Å². The molecule has 7 heteroatoms. The Morgan fingerprint density at radius 1 is 1.50 bits per heavy atom. The summed E-state index contributed by atoms with van der Waals surface area (Å²) in [5, 5.41) is -0.277. The van der Waals surface area contributed by atoms with Crippen LogP contribution in [-0.4, -0.2) is 11.1 Å². The van der Waals surface area contributed by atoms with E-state index in [4.69, 9.17) is 11.6 Å². The third kappa shape index (κ3) is 2.31. The minimum absolute atomic E-state index is 0.277. The van der Waals surface area contributed by atoms with Crippen molar-refractivity contribution in [3.63, 3.8) is 0 Å². The first kappa shape index (κ1) is 10.7. The van der Waals surface area contributed by atoms with Crippen LogP contribution < -0.4 is 0 Å². The fourth-order valence-electron chi connectivity index (χ4n) is 0.719. The molecule has 0 saturated carbocycles. The summed E-state index contributed by atoms with van der Waals surface area (Å²) >= 11 is 5.37. The van der Waals surface area contributed by atoms with Crippen molar-refractivity contribution in [1.29, 1.82) is 0 Å². The van der Waals surface area contributed by atoms with E-state index >= 15 is 0 Å². The minimum Gasteiger partial charge on any atom is -0.242 e. The number of rotatable bonds is 1. The predicted octanol–water partition coefficient (Wildman–Crippen LogP) is 2.72. The van der Waals surface area contributed by atoms with Crippen LogP contribution >= 0.6 is 11.6 Å². The van der Waals surface area contributed by atoms with Gasteiger partial charge in [0, 0.05) is 6.20 Å². The van der Waals surface area contributed by atoms with E-state index in [-0.39, 0.29) is 10.8 Å². The molecule has 0 saturated heterocycles. The molecule has 1 heterocycles. The Morgan fingerprint density at radius 2 is 2.14 bits per heavy atom. The third-order valence-corrected chi connectivity index (χ3v) is 1.61. The van der Waals surface area contributed by atoms with Gasteiger partial charge in [0.05, 0.1) is 5.56 Å². The van der Waals surface area contributed by atoms with Crippen LogP contribution in [0.5, 0.6) is 0 Å². The molecule has 74 valence electrons. The van der Waals surface area contributed by atoms with Crippen molar-refractivity contribution in [2.75, 3.05) is 0 Å². The monoisotopic (exact) mass is 222 g/mol. The van der Waals surface area contributed by atoms with Crippen molar-refractivity contribution in [2.45, 2.75) is 6.18 Å². The number of hydrogen-bond donors (Lipinski definition) is 0. The fourth-order valence-corrected chi connectivity index (χ4v) is 0.865. The Kier molecular flexibility index (Phi) is 2.88. The summed E-state index contributed by atoms with van der Waals surface area (Å²) in [7, 11) is 0. The average Bonchev–Trinajstić information content (AvgIpc) is 2.07. The summed E-state index contributed by atoms with van der Waals surface area (Å²) in [5.41, 5.74) is -1.37. The highest BCUT2D eigenvalue weighted by atomic mass is 35.5. The fraction of sp³-hybridized carbons (Fsp3) is 0.143. The highest BCUT2D eigenvalue weighted by molar-refractivity contribution is 6.31. The maximum Gasteiger partial charge on any atom is 0.417 e. The van der Waals surface area contributed by atoms with Crippen molar-refractivity contribution in [3.8, 4) is 0 Å². The SMILES string of the molecule is O=C=Nc1cc(C(F)(F)F)cnc1Cl. The van der Waals surface area contributed by atoms with E-state index in [0.717, 1.165) is 6.08 Å². The second-order valence-electron chi connectivity index (χ2n) is 2.23. The van der Waals surface area contributed by atoms with Crippen LogP contribution in [0.15, 0.2) is 17.3 Å².